The Balaban J connectivity index is 2.14. The zero-order valence-electron chi connectivity index (χ0n) is 13.0. The summed E-state index contributed by atoms with van der Waals surface area (Å²) < 4.78 is 5.06. The van der Waals surface area contributed by atoms with Crippen LogP contribution in [0.5, 0.6) is 5.75 Å². The number of ether oxygens (including phenoxy) is 1. The number of aliphatic hydroxyl groups excluding tert-OH is 1. The molecule has 1 N–H and O–H groups in total. The number of hydrogen-bond donors (Lipinski definition) is 1. The third-order valence-electron chi connectivity index (χ3n) is 3.76. The van der Waals surface area contributed by atoms with Crippen molar-refractivity contribution in [1.82, 2.24) is 4.90 Å². The Morgan fingerprint density at radius 3 is 2.32 bits per heavy atom. The summed E-state index contributed by atoms with van der Waals surface area (Å²) in [6.45, 7) is 2.45. The molecular weight excluding hydrogens is 282 g/mol. The first-order valence-corrected chi connectivity index (χ1v) is 7.54. The molecule has 0 radical (unpaired) electrons. The molecule has 1 aromatic rings. The van der Waals surface area contributed by atoms with Crippen LogP contribution < -0.4 is 4.74 Å². The summed E-state index contributed by atoms with van der Waals surface area (Å²) in [5.41, 5.74) is 0.593. The van der Waals surface area contributed by atoms with Crippen LogP contribution in [0.1, 0.15) is 38.2 Å². The first-order chi connectivity index (χ1) is 10.6. The van der Waals surface area contributed by atoms with Gasteiger partial charge in [-0.2, -0.15) is 0 Å². The average Bonchev–Trinajstić information content (AvgIpc) is 2.75. The summed E-state index contributed by atoms with van der Waals surface area (Å²) in [6.07, 6.45) is 3.88. The molecule has 0 saturated heterocycles. The lowest BCUT2D eigenvalue weighted by Crippen LogP contribution is -2.32. The minimum absolute atomic E-state index is 0.0724. The van der Waals surface area contributed by atoms with E-state index in [0.717, 1.165) is 30.6 Å². The van der Waals surface area contributed by atoms with E-state index in [9.17, 15) is 14.7 Å². The summed E-state index contributed by atoms with van der Waals surface area (Å²) in [5, 5.41) is 10.0. The number of aliphatic hydroxyl groups is 1. The molecule has 0 aliphatic carbocycles. The van der Waals surface area contributed by atoms with E-state index in [2.05, 4.69) is 6.92 Å². The predicted octanol–water partition coefficient (Wildman–Crippen LogP) is 2.91. The molecule has 0 unspecified atom stereocenters. The van der Waals surface area contributed by atoms with Crippen molar-refractivity contribution in [3.05, 3.63) is 35.6 Å². The number of benzene rings is 1. The minimum atomic E-state index is -0.604. The van der Waals surface area contributed by atoms with Crippen molar-refractivity contribution in [2.45, 2.75) is 32.6 Å². The quantitative estimate of drug-likeness (QED) is 0.621. The molecule has 2 rings (SSSR count). The first-order valence-electron chi connectivity index (χ1n) is 7.54. The summed E-state index contributed by atoms with van der Waals surface area (Å²) in [7, 11) is 1.55. The molecule has 1 aromatic carbocycles. The van der Waals surface area contributed by atoms with Crippen molar-refractivity contribution in [2.24, 2.45) is 0 Å². The van der Waals surface area contributed by atoms with Crippen molar-refractivity contribution in [3.63, 3.8) is 0 Å². The van der Waals surface area contributed by atoms with Crippen LogP contribution in [0.25, 0.3) is 5.57 Å². The van der Waals surface area contributed by atoms with Gasteiger partial charge in [0.1, 0.15) is 5.75 Å². The van der Waals surface area contributed by atoms with Crippen LogP contribution in [0.15, 0.2) is 30.0 Å². The molecule has 1 heterocycles. The highest BCUT2D eigenvalue weighted by atomic mass is 16.5. The topological polar surface area (TPSA) is 66.8 Å². The standard InChI is InChI=1S/C17H21NO4/c1-3-4-5-6-11-18-16(20)14(15(19)17(18)21)12-7-9-13(22-2)10-8-12/h7-10,19H,3-6,11H2,1-2H3. The van der Waals surface area contributed by atoms with Gasteiger partial charge in [0.25, 0.3) is 11.8 Å². The zero-order chi connectivity index (χ0) is 16.1. The summed E-state index contributed by atoms with van der Waals surface area (Å²) in [5.74, 6) is -0.848. The summed E-state index contributed by atoms with van der Waals surface area (Å²) in [6, 6.07) is 6.71. The van der Waals surface area contributed by atoms with Crippen LogP contribution in [0.2, 0.25) is 0 Å². The number of carbonyl (C=O) groups excluding carboxylic acids is 2. The third-order valence-corrected chi connectivity index (χ3v) is 3.76. The fraction of sp³-hybridized carbons (Fsp3) is 0.412. The second-order valence-electron chi connectivity index (χ2n) is 5.27. The van der Waals surface area contributed by atoms with Gasteiger partial charge in [0, 0.05) is 6.54 Å². The molecule has 118 valence electrons. The Morgan fingerprint density at radius 2 is 1.73 bits per heavy atom. The Bertz CT molecular complexity index is 589. The second kappa shape index (κ2) is 7.11. The molecule has 0 bridgehead atoms. The van der Waals surface area contributed by atoms with Gasteiger partial charge in [0.2, 0.25) is 0 Å². The van der Waals surface area contributed by atoms with Gasteiger partial charge in [-0.25, -0.2) is 0 Å². The van der Waals surface area contributed by atoms with Gasteiger partial charge >= 0.3 is 0 Å². The molecule has 0 fully saturated rings. The molecule has 5 nitrogen and oxygen atoms in total. The predicted molar refractivity (Wildman–Crippen MR) is 83.4 cm³/mol. The molecule has 5 heteroatoms. The summed E-state index contributed by atoms with van der Waals surface area (Å²) in [4.78, 5) is 25.6. The number of hydrogen-bond acceptors (Lipinski definition) is 4. The molecule has 0 aromatic heterocycles. The fourth-order valence-corrected chi connectivity index (χ4v) is 2.48. The zero-order valence-corrected chi connectivity index (χ0v) is 13.0. The van der Waals surface area contributed by atoms with Crippen molar-refractivity contribution in [1.29, 1.82) is 0 Å². The number of unbranched alkanes of at least 4 members (excludes halogenated alkanes) is 3. The van der Waals surface area contributed by atoms with E-state index in [1.54, 1.807) is 31.4 Å². The Kier molecular flexibility index (Phi) is 5.20. The lowest BCUT2D eigenvalue weighted by atomic mass is 10.1. The Labute approximate surface area is 130 Å². The lowest BCUT2D eigenvalue weighted by Gasteiger charge is -2.14. The Hall–Kier alpha value is -2.30. The lowest BCUT2D eigenvalue weighted by molar-refractivity contribution is -0.138. The van der Waals surface area contributed by atoms with Crippen molar-refractivity contribution in [3.8, 4) is 5.75 Å². The maximum atomic E-state index is 12.4. The highest BCUT2D eigenvalue weighted by molar-refractivity contribution is 6.34. The number of amides is 2. The number of rotatable bonds is 7. The van der Waals surface area contributed by atoms with Crippen LogP contribution in [0.3, 0.4) is 0 Å². The number of imide groups is 1. The fourth-order valence-electron chi connectivity index (χ4n) is 2.48. The van der Waals surface area contributed by atoms with Gasteiger partial charge in [0.15, 0.2) is 5.76 Å². The van der Waals surface area contributed by atoms with E-state index < -0.39 is 17.6 Å². The Morgan fingerprint density at radius 1 is 1.05 bits per heavy atom. The van der Waals surface area contributed by atoms with Crippen LogP contribution in [-0.4, -0.2) is 35.5 Å². The van der Waals surface area contributed by atoms with E-state index in [1.807, 2.05) is 0 Å². The van der Waals surface area contributed by atoms with E-state index in [4.69, 9.17) is 4.74 Å². The van der Waals surface area contributed by atoms with E-state index in [1.165, 1.54) is 0 Å². The highest BCUT2D eigenvalue weighted by Crippen LogP contribution is 2.29. The second-order valence-corrected chi connectivity index (χ2v) is 5.27. The van der Waals surface area contributed by atoms with Crippen LogP contribution >= 0.6 is 0 Å². The van der Waals surface area contributed by atoms with E-state index >= 15 is 0 Å². The number of methoxy groups -OCH3 is 1. The van der Waals surface area contributed by atoms with Gasteiger partial charge in [-0.15, -0.1) is 0 Å². The number of carbonyl (C=O) groups is 2. The van der Waals surface area contributed by atoms with Crippen LogP contribution in [0, 0.1) is 0 Å². The maximum absolute atomic E-state index is 12.4. The third kappa shape index (κ3) is 3.13. The van der Waals surface area contributed by atoms with Crippen molar-refractivity contribution >= 4 is 17.4 Å². The van der Waals surface area contributed by atoms with Crippen LogP contribution in [-0.2, 0) is 9.59 Å². The van der Waals surface area contributed by atoms with Gasteiger partial charge in [0.05, 0.1) is 12.7 Å². The van der Waals surface area contributed by atoms with Gasteiger partial charge in [-0.1, -0.05) is 38.3 Å². The average molecular weight is 303 g/mol. The van der Waals surface area contributed by atoms with Gasteiger partial charge < -0.3 is 9.84 Å². The largest absolute Gasteiger partial charge is 0.502 e. The molecule has 1 aliphatic heterocycles. The highest BCUT2D eigenvalue weighted by Gasteiger charge is 2.38. The smallest absolute Gasteiger partial charge is 0.296 e. The van der Waals surface area contributed by atoms with Gasteiger partial charge in [-0.3, -0.25) is 14.5 Å². The minimum Gasteiger partial charge on any atom is -0.502 e. The number of nitrogens with zero attached hydrogens (tertiary/aromatic N) is 1. The molecule has 0 atom stereocenters. The molecule has 2 amide bonds. The SMILES string of the molecule is CCCCCCN1C(=O)C(O)=C(c2ccc(OC)cc2)C1=O. The molecule has 0 spiro atoms. The molecular formula is C17H21NO4. The maximum Gasteiger partial charge on any atom is 0.296 e. The monoisotopic (exact) mass is 303 g/mol. The van der Waals surface area contributed by atoms with Crippen molar-refractivity contribution in [2.75, 3.05) is 13.7 Å². The first kappa shape index (κ1) is 16.1. The molecule has 0 saturated carbocycles. The summed E-state index contributed by atoms with van der Waals surface area (Å²) >= 11 is 0. The van der Waals surface area contributed by atoms with Gasteiger partial charge in [-0.05, 0) is 24.1 Å². The van der Waals surface area contributed by atoms with E-state index in [0.29, 0.717) is 17.9 Å². The molecule has 1 aliphatic rings. The molecule has 22 heavy (non-hydrogen) atoms. The van der Waals surface area contributed by atoms with E-state index in [-0.39, 0.29) is 5.57 Å². The van der Waals surface area contributed by atoms with Crippen molar-refractivity contribution < 1.29 is 19.4 Å². The van der Waals surface area contributed by atoms with Crippen LogP contribution in [0.4, 0.5) is 0 Å². The normalized spacial score (nSPS) is 14.9.